The summed E-state index contributed by atoms with van der Waals surface area (Å²) < 4.78 is 5.35. The smallest absolute Gasteiger partial charge is 0.257 e. The van der Waals surface area contributed by atoms with Gasteiger partial charge in [0.1, 0.15) is 5.75 Å². The van der Waals surface area contributed by atoms with Crippen LogP contribution in [0.2, 0.25) is 0 Å². The van der Waals surface area contributed by atoms with Crippen molar-refractivity contribution in [1.29, 1.82) is 0 Å². The minimum atomic E-state index is -0.900. The summed E-state index contributed by atoms with van der Waals surface area (Å²) in [6.07, 6.45) is 0. The van der Waals surface area contributed by atoms with Gasteiger partial charge in [0.15, 0.2) is 5.54 Å². The number of ether oxygens (including phenoxy) is 1. The van der Waals surface area contributed by atoms with E-state index in [0.29, 0.717) is 6.54 Å². The SMILES string of the molecule is COc1ccc([C@H]2CN[C@]3(C(=O)N(C)c4ccccc43)c3[nH]c4ccccc4c32)cc1. The van der Waals surface area contributed by atoms with Gasteiger partial charge in [-0.05, 0) is 35.4 Å². The van der Waals surface area contributed by atoms with Crippen molar-refractivity contribution in [2.24, 2.45) is 0 Å². The molecule has 0 bridgehead atoms. The minimum absolute atomic E-state index is 0.0506. The Balaban J connectivity index is 1.63. The number of rotatable bonds is 2. The molecule has 4 aromatic rings. The lowest BCUT2D eigenvalue weighted by Gasteiger charge is -2.38. The van der Waals surface area contributed by atoms with Crippen LogP contribution in [0.25, 0.3) is 10.9 Å². The number of aromatic nitrogens is 1. The van der Waals surface area contributed by atoms with E-state index in [9.17, 15) is 4.79 Å². The molecular weight excluding hydrogens is 386 g/mol. The van der Waals surface area contributed by atoms with Crippen LogP contribution in [-0.4, -0.2) is 31.6 Å². The lowest BCUT2D eigenvalue weighted by molar-refractivity contribution is -0.122. The predicted octanol–water partition coefficient (Wildman–Crippen LogP) is 4.13. The molecule has 0 saturated heterocycles. The third-order valence-corrected chi connectivity index (χ3v) is 6.85. The van der Waals surface area contributed by atoms with E-state index in [2.05, 4.69) is 46.7 Å². The molecule has 2 aliphatic rings. The lowest BCUT2D eigenvalue weighted by Crippen LogP contribution is -2.55. The molecular formula is C26H23N3O2. The van der Waals surface area contributed by atoms with Gasteiger partial charge in [0.05, 0.1) is 12.8 Å². The van der Waals surface area contributed by atoms with Crippen molar-refractivity contribution in [2.45, 2.75) is 11.5 Å². The fourth-order valence-corrected chi connectivity index (χ4v) is 5.36. The highest BCUT2D eigenvalue weighted by molar-refractivity contribution is 6.11. The van der Waals surface area contributed by atoms with Crippen molar-refractivity contribution < 1.29 is 9.53 Å². The zero-order valence-corrected chi connectivity index (χ0v) is 17.5. The van der Waals surface area contributed by atoms with Crippen LogP contribution in [0.4, 0.5) is 5.69 Å². The van der Waals surface area contributed by atoms with Gasteiger partial charge in [-0.1, -0.05) is 48.5 Å². The molecule has 0 unspecified atom stereocenters. The first-order valence-electron chi connectivity index (χ1n) is 10.5. The van der Waals surface area contributed by atoms with Crippen molar-refractivity contribution in [1.82, 2.24) is 10.3 Å². The molecule has 1 amide bonds. The zero-order chi connectivity index (χ0) is 21.2. The van der Waals surface area contributed by atoms with Gasteiger partial charge < -0.3 is 14.6 Å². The highest BCUT2D eigenvalue weighted by Gasteiger charge is 2.55. The van der Waals surface area contributed by atoms with Crippen molar-refractivity contribution in [3.63, 3.8) is 0 Å². The average molecular weight is 409 g/mol. The average Bonchev–Trinajstić information content (AvgIpc) is 3.31. The summed E-state index contributed by atoms with van der Waals surface area (Å²) >= 11 is 0. The third-order valence-electron chi connectivity index (χ3n) is 6.85. The molecule has 0 saturated carbocycles. The van der Waals surface area contributed by atoms with Crippen LogP contribution in [0, 0.1) is 0 Å². The van der Waals surface area contributed by atoms with E-state index in [1.807, 2.05) is 43.4 Å². The maximum Gasteiger partial charge on any atom is 0.257 e. The molecule has 2 N–H and O–H groups in total. The lowest BCUT2D eigenvalue weighted by atomic mass is 9.76. The Morgan fingerprint density at radius 1 is 1.00 bits per heavy atom. The maximum atomic E-state index is 13.7. The van der Waals surface area contributed by atoms with Gasteiger partial charge in [-0.2, -0.15) is 0 Å². The van der Waals surface area contributed by atoms with Gasteiger partial charge in [0, 0.05) is 41.7 Å². The fraction of sp³-hybridized carbons (Fsp3) is 0.192. The number of carbonyl (C=O) groups excluding carboxylic acids is 1. The first kappa shape index (κ1) is 18.2. The second-order valence-corrected chi connectivity index (χ2v) is 8.30. The Morgan fingerprint density at radius 2 is 1.74 bits per heavy atom. The van der Waals surface area contributed by atoms with Crippen LogP contribution in [0.1, 0.15) is 28.3 Å². The van der Waals surface area contributed by atoms with E-state index in [-0.39, 0.29) is 11.8 Å². The van der Waals surface area contributed by atoms with E-state index in [1.165, 1.54) is 16.5 Å². The number of hydrogen-bond donors (Lipinski definition) is 2. The third kappa shape index (κ3) is 2.32. The highest BCUT2D eigenvalue weighted by Crippen LogP contribution is 2.50. The summed E-state index contributed by atoms with van der Waals surface area (Å²) in [6.45, 7) is 0.662. The van der Waals surface area contributed by atoms with E-state index >= 15 is 0 Å². The van der Waals surface area contributed by atoms with Gasteiger partial charge in [-0.3, -0.25) is 10.1 Å². The second kappa shape index (κ2) is 6.46. The number of nitrogens with one attached hydrogen (secondary N) is 2. The topological polar surface area (TPSA) is 57.4 Å². The Labute approximate surface area is 180 Å². The number of anilines is 1. The second-order valence-electron chi connectivity index (χ2n) is 8.30. The van der Waals surface area contributed by atoms with Crippen molar-refractivity contribution in [2.75, 3.05) is 25.6 Å². The summed E-state index contributed by atoms with van der Waals surface area (Å²) in [5.74, 6) is 1.01. The fourth-order valence-electron chi connectivity index (χ4n) is 5.36. The predicted molar refractivity (Wildman–Crippen MR) is 122 cm³/mol. The summed E-state index contributed by atoms with van der Waals surface area (Å²) in [7, 11) is 3.54. The number of amides is 1. The molecule has 31 heavy (non-hydrogen) atoms. The molecule has 0 aliphatic carbocycles. The summed E-state index contributed by atoms with van der Waals surface area (Å²) in [5.41, 5.74) is 5.44. The quantitative estimate of drug-likeness (QED) is 0.523. The number of aromatic amines is 1. The monoisotopic (exact) mass is 409 g/mol. The van der Waals surface area contributed by atoms with Crippen molar-refractivity contribution >= 4 is 22.5 Å². The Bertz CT molecular complexity index is 1320. The first-order chi connectivity index (χ1) is 15.1. The van der Waals surface area contributed by atoms with E-state index in [4.69, 9.17) is 4.74 Å². The minimum Gasteiger partial charge on any atom is -0.497 e. The number of nitrogens with zero attached hydrogens (tertiary/aromatic N) is 1. The van der Waals surface area contributed by atoms with Crippen molar-refractivity contribution in [3.05, 3.63) is 95.2 Å². The summed E-state index contributed by atoms with van der Waals surface area (Å²) in [6, 6.07) is 24.6. The molecule has 5 heteroatoms. The Morgan fingerprint density at radius 3 is 2.55 bits per heavy atom. The van der Waals surface area contributed by atoms with Gasteiger partial charge in [-0.25, -0.2) is 0 Å². The number of para-hydroxylation sites is 2. The molecule has 0 radical (unpaired) electrons. The van der Waals surface area contributed by atoms with Crippen LogP contribution >= 0.6 is 0 Å². The number of H-pyrrole nitrogens is 1. The van der Waals surface area contributed by atoms with Gasteiger partial charge >= 0.3 is 0 Å². The Kier molecular flexibility index (Phi) is 3.80. The van der Waals surface area contributed by atoms with Gasteiger partial charge in [0.25, 0.3) is 5.91 Å². The molecule has 1 aromatic heterocycles. The molecule has 3 heterocycles. The van der Waals surface area contributed by atoms with E-state index in [1.54, 1.807) is 12.0 Å². The zero-order valence-electron chi connectivity index (χ0n) is 17.5. The first-order valence-corrected chi connectivity index (χ1v) is 10.5. The van der Waals surface area contributed by atoms with E-state index in [0.717, 1.165) is 28.2 Å². The molecule has 2 atom stereocenters. The number of likely N-dealkylation sites (N-methyl/N-ethyl adjacent to an activating group) is 1. The molecule has 2 aliphatic heterocycles. The van der Waals surface area contributed by atoms with Crippen molar-refractivity contribution in [3.8, 4) is 5.75 Å². The molecule has 1 spiro atoms. The number of methoxy groups -OCH3 is 1. The molecule has 0 fully saturated rings. The van der Waals surface area contributed by atoms with Crippen LogP contribution in [0.5, 0.6) is 5.75 Å². The molecule has 6 rings (SSSR count). The largest absolute Gasteiger partial charge is 0.497 e. The van der Waals surface area contributed by atoms with Gasteiger partial charge in [0.2, 0.25) is 0 Å². The van der Waals surface area contributed by atoms with Crippen LogP contribution < -0.4 is 15.0 Å². The van der Waals surface area contributed by atoms with Crippen LogP contribution in [0.3, 0.4) is 0 Å². The normalized spacial score (nSPS) is 22.1. The van der Waals surface area contributed by atoms with Crippen LogP contribution in [0.15, 0.2) is 72.8 Å². The van der Waals surface area contributed by atoms with E-state index < -0.39 is 5.54 Å². The standard InChI is InChI=1S/C26H23N3O2/c1-29-22-10-6-4-8-20(22)26(25(29)30)24-23(18-7-3-5-9-21(18)28-24)19(15-27-26)16-11-13-17(31-2)14-12-16/h3-14,19,27-28H,15H2,1-2H3/t19-,26+/m1/s1. The molecule has 154 valence electrons. The van der Waals surface area contributed by atoms with Gasteiger partial charge in [-0.15, -0.1) is 0 Å². The number of carbonyl (C=O) groups is 1. The highest BCUT2D eigenvalue weighted by atomic mass is 16.5. The summed E-state index contributed by atoms with van der Waals surface area (Å²) in [4.78, 5) is 19.1. The summed E-state index contributed by atoms with van der Waals surface area (Å²) in [5, 5.41) is 4.84. The molecule has 3 aromatic carbocycles. The maximum absolute atomic E-state index is 13.7. The number of hydrogen-bond acceptors (Lipinski definition) is 3. The number of benzene rings is 3. The Hall–Kier alpha value is -3.57. The number of fused-ring (bicyclic) bond motifs is 6. The molecule has 5 nitrogen and oxygen atoms in total. The van der Waals surface area contributed by atoms with Crippen LogP contribution in [-0.2, 0) is 10.3 Å².